The minimum Gasteiger partial charge on any atom is -0.337 e. The molecule has 0 amide bonds. The first-order valence-corrected chi connectivity index (χ1v) is 8.54. The van der Waals surface area contributed by atoms with Crippen LogP contribution < -0.4 is 0 Å². The second-order valence-electron chi connectivity index (χ2n) is 6.33. The van der Waals surface area contributed by atoms with E-state index in [2.05, 4.69) is 56.7 Å². The van der Waals surface area contributed by atoms with Crippen LogP contribution in [0.4, 0.5) is 0 Å². The predicted molar refractivity (Wildman–Crippen MR) is 87.9 cm³/mol. The second kappa shape index (κ2) is 6.44. The molecule has 1 fully saturated rings. The third-order valence-corrected chi connectivity index (χ3v) is 4.96. The van der Waals surface area contributed by atoms with Crippen LogP contribution in [0.3, 0.4) is 0 Å². The third kappa shape index (κ3) is 3.21. The Bertz CT molecular complexity index is 619. The van der Waals surface area contributed by atoms with E-state index in [9.17, 15) is 0 Å². The SMILES string of the molecule is CC(C)c1nsc(CN2CCN(C)C(c3nccn3C)C2)n1. The molecular weight excluding hydrogens is 296 g/mol. The van der Waals surface area contributed by atoms with Gasteiger partial charge in [0.2, 0.25) is 0 Å². The maximum absolute atomic E-state index is 4.66. The smallest absolute Gasteiger partial charge is 0.145 e. The van der Waals surface area contributed by atoms with Gasteiger partial charge in [-0.05, 0) is 18.6 Å². The Morgan fingerprint density at radius 3 is 2.77 bits per heavy atom. The lowest BCUT2D eigenvalue weighted by Crippen LogP contribution is -2.46. The van der Waals surface area contributed by atoms with Gasteiger partial charge in [-0.25, -0.2) is 9.97 Å². The van der Waals surface area contributed by atoms with E-state index in [1.165, 1.54) is 11.5 Å². The highest BCUT2D eigenvalue weighted by molar-refractivity contribution is 7.05. The lowest BCUT2D eigenvalue weighted by Gasteiger charge is -2.38. The van der Waals surface area contributed by atoms with Gasteiger partial charge in [0.25, 0.3) is 0 Å². The van der Waals surface area contributed by atoms with Crippen molar-refractivity contribution >= 4 is 11.5 Å². The summed E-state index contributed by atoms with van der Waals surface area (Å²) in [6.07, 6.45) is 3.89. The normalized spacial score (nSPS) is 20.9. The highest BCUT2D eigenvalue weighted by Gasteiger charge is 2.28. The summed E-state index contributed by atoms with van der Waals surface area (Å²) in [5.74, 6) is 2.50. The summed E-state index contributed by atoms with van der Waals surface area (Å²) in [5, 5.41) is 1.12. The number of rotatable bonds is 4. The molecule has 1 aliphatic rings. The van der Waals surface area contributed by atoms with Crippen molar-refractivity contribution in [3.8, 4) is 0 Å². The van der Waals surface area contributed by atoms with Gasteiger partial charge >= 0.3 is 0 Å². The minimum atomic E-state index is 0.339. The molecule has 2 aromatic heterocycles. The van der Waals surface area contributed by atoms with Crippen LogP contribution >= 0.6 is 11.5 Å². The van der Waals surface area contributed by atoms with E-state index in [1.54, 1.807) is 0 Å². The molecule has 0 N–H and O–H groups in total. The van der Waals surface area contributed by atoms with Crippen LogP contribution in [0, 0.1) is 0 Å². The Morgan fingerprint density at radius 2 is 2.14 bits per heavy atom. The fourth-order valence-corrected chi connectivity index (χ4v) is 3.63. The molecule has 0 aliphatic carbocycles. The summed E-state index contributed by atoms with van der Waals surface area (Å²) in [6, 6.07) is 0.339. The van der Waals surface area contributed by atoms with Gasteiger partial charge in [0.15, 0.2) is 0 Å². The average Bonchev–Trinajstić information content (AvgIpc) is 3.10. The van der Waals surface area contributed by atoms with E-state index >= 15 is 0 Å². The van der Waals surface area contributed by atoms with E-state index < -0.39 is 0 Å². The first-order chi connectivity index (χ1) is 10.5. The topological polar surface area (TPSA) is 50.1 Å². The van der Waals surface area contributed by atoms with E-state index in [0.29, 0.717) is 12.0 Å². The van der Waals surface area contributed by atoms with Crippen LogP contribution in [0.5, 0.6) is 0 Å². The molecule has 2 aromatic rings. The van der Waals surface area contributed by atoms with Gasteiger partial charge in [-0.15, -0.1) is 0 Å². The van der Waals surface area contributed by atoms with Crippen molar-refractivity contribution in [3.05, 3.63) is 29.1 Å². The highest BCUT2D eigenvalue weighted by atomic mass is 32.1. The van der Waals surface area contributed by atoms with Crippen LogP contribution in [0.2, 0.25) is 0 Å². The van der Waals surface area contributed by atoms with Crippen LogP contribution in [-0.2, 0) is 13.6 Å². The summed E-state index contributed by atoms with van der Waals surface area (Å²) >= 11 is 1.54. The van der Waals surface area contributed by atoms with Crippen molar-refractivity contribution in [2.45, 2.75) is 32.4 Å². The Labute approximate surface area is 136 Å². The van der Waals surface area contributed by atoms with Gasteiger partial charge < -0.3 is 4.57 Å². The van der Waals surface area contributed by atoms with Crippen LogP contribution in [0.25, 0.3) is 0 Å². The Hall–Kier alpha value is -1.31. The molecule has 1 aliphatic heterocycles. The number of imidazole rings is 1. The van der Waals surface area contributed by atoms with Crippen molar-refractivity contribution in [3.63, 3.8) is 0 Å². The standard InChI is InChI=1S/C15H24N6S/c1-11(2)14-17-13(22-18-14)10-21-8-7-19(3)12(9-21)15-16-5-6-20(15)4/h5-6,11-12H,7-10H2,1-4H3. The zero-order chi connectivity index (χ0) is 15.7. The predicted octanol–water partition coefficient (Wildman–Crippen LogP) is 1.88. The summed E-state index contributed by atoms with van der Waals surface area (Å²) in [7, 11) is 4.24. The van der Waals surface area contributed by atoms with Crippen LogP contribution in [0.1, 0.15) is 42.5 Å². The van der Waals surface area contributed by atoms with Crippen molar-refractivity contribution in [2.24, 2.45) is 7.05 Å². The summed E-state index contributed by atoms with van der Waals surface area (Å²) in [4.78, 5) is 14.0. The highest BCUT2D eigenvalue weighted by Crippen LogP contribution is 2.24. The molecule has 1 saturated heterocycles. The van der Waals surface area contributed by atoms with E-state index in [4.69, 9.17) is 0 Å². The Balaban J connectivity index is 1.69. The molecule has 0 aromatic carbocycles. The molecule has 6 nitrogen and oxygen atoms in total. The second-order valence-corrected chi connectivity index (χ2v) is 7.17. The minimum absolute atomic E-state index is 0.339. The third-order valence-electron chi connectivity index (χ3n) is 4.25. The zero-order valence-electron chi connectivity index (χ0n) is 13.7. The maximum atomic E-state index is 4.66. The number of aryl methyl sites for hydroxylation is 1. The molecule has 3 heterocycles. The molecule has 7 heteroatoms. The Morgan fingerprint density at radius 1 is 1.32 bits per heavy atom. The number of piperazine rings is 1. The van der Waals surface area contributed by atoms with Gasteiger partial charge in [0, 0.05) is 45.0 Å². The number of hydrogen-bond acceptors (Lipinski definition) is 6. The quantitative estimate of drug-likeness (QED) is 0.861. The summed E-state index contributed by atoms with van der Waals surface area (Å²) in [6.45, 7) is 8.26. The van der Waals surface area contributed by atoms with Crippen LogP contribution in [-0.4, -0.2) is 55.4 Å². The van der Waals surface area contributed by atoms with Gasteiger partial charge in [-0.3, -0.25) is 9.80 Å². The zero-order valence-corrected chi connectivity index (χ0v) is 14.5. The lowest BCUT2D eigenvalue weighted by molar-refractivity contribution is 0.0843. The molecule has 22 heavy (non-hydrogen) atoms. The number of hydrogen-bond donors (Lipinski definition) is 0. The molecule has 0 spiro atoms. The van der Waals surface area contributed by atoms with Crippen molar-refractivity contribution < 1.29 is 0 Å². The molecule has 1 atom stereocenters. The van der Waals surface area contributed by atoms with Crippen molar-refractivity contribution in [2.75, 3.05) is 26.7 Å². The fraction of sp³-hybridized carbons (Fsp3) is 0.667. The average molecular weight is 320 g/mol. The van der Waals surface area contributed by atoms with E-state index in [0.717, 1.165) is 42.8 Å². The summed E-state index contributed by atoms with van der Waals surface area (Å²) in [5.41, 5.74) is 0. The van der Waals surface area contributed by atoms with Crippen molar-refractivity contribution in [1.29, 1.82) is 0 Å². The Kier molecular flexibility index (Phi) is 4.56. The maximum Gasteiger partial charge on any atom is 0.145 e. The lowest BCUT2D eigenvalue weighted by atomic mass is 10.1. The molecular formula is C15H24N6S. The first-order valence-electron chi connectivity index (χ1n) is 7.77. The van der Waals surface area contributed by atoms with Crippen molar-refractivity contribution in [1.82, 2.24) is 28.7 Å². The first kappa shape index (κ1) is 15.6. The summed E-state index contributed by atoms with van der Waals surface area (Å²) < 4.78 is 6.57. The van der Waals surface area contributed by atoms with Gasteiger partial charge in [-0.1, -0.05) is 13.8 Å². The molecule has 0 bridgehead atoms. The number of aromatic nitrogens is 4. The van der Waals surface area contributed by atoms with Gasteiger partial charge in [-0.2, -0.15) is 4.37 Å². The van der Waals surface area contributed by atoms with Gasteiger partial charge in [0.1, 0.15) is 16.7 Å². The molecule has 0 radical (unpaired) electrons. The number of likely N-dealkylation sites (N-methyl/N-ethyl adjacent to an activating group) is 1. The monoisotopic (exact) mass is 320 g/mol. The molecule has 1 unspecified atom stereocenters. The molecule has 3 rings (SSSR count). The fourth-order valence-electron chi connectivity index (χ4n) is 2.81. The van der Waals surface area contributed by atoms with Crippen LogP contribution in [0.15, 0.2) is 12.4 Å². The largest absolute Gasteiger partial charge is 0.337 e. The molecule has 120 valence electrons. The van der Waals surface area contributed by atoms with Gasteiger partial charge in [0.05, 0.1) is 12.6 Å². The molecule has 0 saturated carbocycles. The number of nitrogens with zero attached hydrogens (tertiary/aromatic N) is 6. The van der Waals surface area contributed by atoms with E-state index in [1.807, 2.05) is 12.4 Å². The van der Waals surface area contributed by atoms with E-state index in [-0.39, 0.29) is 0 Å².